The molecule has 0 atom stereocenters. The van der Waals surface area contributed by atoms with Crippen molar-refractivity contribution in [2.45, 2.75) is 13.8 Å². The second-order valence-electron chi connectivity index (χ2n) is 4.04. The normalized spacial score (nSPS) is 12.7. The van der Waals surface area contributed by atoms with E-state index in [0.29, 0.717) is 11.3 Å². The van der Waals surface area contributed by atoms with E-state index in [-0.39, 0.29) is 5.78 Å². The summed E-state index contributed by atoms with van der Waals surface area (Å²) in [4.78, 5) is 33.6. The van der Waals surface area contributed by atoms with E-state index in [0.717, 1.165) is 6.92 Å². The third-order valence-electron chi connectivity index (χ3n) is 2.07. The second-order valence-corrected chi connectivity index (χ2v) is 10.4. The zero-order valence-corrected chi connectivity index (χ0v) is 13.5. The average molecular weight is 355 g/mol. The number of ketones is 1. The number of nitrogens with one attached hydrogen (secondary N) is 1. The predicted molar refractivity (Wildman–Crippen MR) is 81.1 cm³/mol. The van der Waals surface area contributed by atoms with Crippen LogP contribution in [-0.4, -0.2) is 17.8 Å². The van der Waals surface area contributed by atoms with E-state index in [4.69, 9.17) is 28.0 Å². The number of Topliss-reactive ketones (excluding diaryl/α,β-unsaturated/α-hetero) is 1. The first-order valence-corrected chi connectivity index (χ1v) is 9.50. The molecule has 116 valence electrons. The van der Waals surface area contributed by atoms with Crippen molar-refractivity contribution in [3.63, 3.8) is 0 Å². The molecule has 0 aliphatic rings. The summed E-state index contributed by atoms with van der Waals surface area (Å²) in [6.07, 6.45) is -1.10. The Bertz CT molecular complexity index is 583. The van der Waals surface area contributed by atoms with Gasteiger partial charge in [-0.25, -0.2) is 0 Å². The maximum atomic E-state index is 11.6. The molecule has 1 rings (SSSR count). The summed E-state index contributed by atoms with van der Waals surface area (Å²) in [5.41, 5.74) is 6.16. The molecule has 0 radical (unpaired) electrons. The molecule has 0 aliphatic heterocycles. The minimum absolute atomic E-state index is 0.118. The molecule has 1 aromatic rings. The summed E-state index contributed by atoms with van der Waals surface area (Å²) in [5.74, 6) is -5.86. The molecule has 3 N–H and O–H groups in total. The van der Waals surface area contributed by atoms with Crippen LogP contribution in [0.3, 0.4) is 0 Å². The second kappa shape index (κ2) is 6.15. The fourth-order valence-electron chi connectivity index (χ4n) is 1.32. The van der Waals surface area contributed by atoms with E-state index in [1.54, 1.807) is 0 Å². The first-order valence-electron chi connectivity index (χ1n) is 5.55. The Morgan fingerprint density at radius 1 is 1.10 bits per heavy atom. The summed E-state index contributed by atoms with van der Waals surface area (Å²) >= 11 is 11.2. The number of benzene rings is 1. The number of amides is 1. The van der Waals surface area contributed by atoms with Gasteiger partial charge < -0.3 is 0 Å². The number of hydrogen-bond donors (Lipinski definition) is 2. The van der Waals surface area contributed by atoms with Crippen molar-refractivity contribution < 1.29 is 23.4 Å². The van der Waals surface area contributed by atoms with E-state index in [1.807, 2.05) is 0 Å². The van der Waals surface area contributed by atoms with E-state index in [1.165, 1.54) is 31.2 Å². The molecule has 0 saturated carbocycles. The Morgan fingerprint density at radius 2 is 1.62 bits per heavy atom. The number of hydrogen-bond acceptors (Lipinski definition) is 6. The van der Waals surface area contributed by atoms with Crippen LogP contribution in [0.4, 0.5) is 10.5 Å². The Kier molecular flexibility index (Phi) is 5.17. The number of carbonyl (C=O) groups is 3. The maximum absolute atomic E-state index is 11.6. The molecule has 0 bridgehead atoms. The Balaban J connectivity index is 2.73. The van der Waals surface area contributed by atoms with Gasteiger partial charge in [0.15, 0.2) is 0 Å². The van der Waals surface area contributed by atoms with Gasteiger partial charge >= 0.3 is 130 Å². The van der Waals surface area contributed by atoms with Gasteiger partial charge in [-0.3, -0.25) is 0 Å². The minimum atomic E-state index is -4.86. The van der Waals surface area contributed by atoms with E-state index in [2.05, 4.69) is 14.4 Å². The fraction of sp³-hybridized carbons (Fsp3) is 0.182. The number of nitrogens with two attached hydrogens (primary N) is 1. The standard InChI is InChI=1S/C11H13Cl2N2O5P/c1-7(16)9-3-5-10(6-4-9)15-11(18)20-21(12,13,14)19-8(2)17/h3-6H,14H2,1-2H3,(H,15,18). The Morgan fingerprint density at radius 3 is 2.05 bits per heavy atom. The Labute approximate surface area is 130 Å². The van der Waals surface area contributed by atoms with Crippen LogP contribution in [0, 0.1) is 0 Å². The van der Waals surface area contributed by atoms with E-state index in [9.17, 15) is 14.4 Å². The van der Waals surface area contributed by atoms with Crippen molar-refractivity contribution in [3.8, 4) is 0 Å². The van der Waals surface area contributed by atoms with Crippen LogP contribution in [0.15, 0.2) is 24.3 Å². The Hall–Kier alpha value is -1.40. The van der Waals surface area contributed by atoms with Crippen LogP contribution in [-0.2, 0) is 13.8 Å². The van der Waals surface area contributed by atoms with Crippen molar-refractivity contribution >= 4 is 51.9 Å². The van der Waals surface area contributed by atoms with E-state index < -0.39 is 18.0 Å². The van der Waals surface area contributed by atoms with Gasteiger partial charge in [-0.2, -0.15) is 0 Å². The third kappa shape index (κ3) is 6.27. The van der Waals surface area contributed by atoms with Gasteiger partial charge in [-0.15, -0.1) is 0 Å². The fourth-order valence-corrected chi connectivity index (χ4v) is 3.09. The number of anilines is 1. The molecule has 0 spiro atoms. The molecule has 7 nitrogen and oxygen atoms in total. The van der Waals surface area contributed by atoms with Gasteiger partial charge in [0.25, 0.3) is 0 Å². The average Bonchev–Trinajstić information content (AvgIpc) is 2.25. The first kappa shape index (κ1) is 17.7. The molecule has 0 unspecified atom stereocenters. The number of halogens is 2. The van der Waals surface area contributed by atoms with Crippen molar-refractivity contribution in [2.24, 2.45) is 5.50 Å². The van der Waals surface area contributed by atoms with Crippen molar-refractivity contribution in [3.05, 3.63) is 29.8 Å². The number of rotatable bonds is 4. The van der Waals surface area contributed by atoms with Crippen LogP contribution in [0.1, 0.15) is 24.2 Å². The molecule has 0 aliphatic carbocycles. The molecule has 0 heterocycles. The monoisotopic (exact) mass is 354 g/mol. The molecular weight excluding hydrogens is 342 g/mol. The molecule has 1 amide bonds. The van der Waals surface area contributed by atoms with Crippen LogP contribution < -0.4 is 10.8 Å². The topological polar surface area (TPSA) is 108 Å². The van der Waals surface area contributed by atoms with Crippen LogP contribution in [0.25, 0.3) is 0 Å². The van der Waals surface area contributed by atoms with Gasteiger partial charge in [0.1, 0.15) is 0 Å². The van der Waals surface area contributed by atoms with Crippen LogP contribution >= 0.6 is 28.4 Å². The summed E-state index contributed by atoms with van der Waals surface area (Å²) in [7, 11) is 0. The summed E-state index contributed by atoms with van der Waals surface area (Å²) in [5, 5.41) is 2.28. The zero-order chi connectivity index (χ0) is 16.3. The molecule has 0 saturated heterocycles. The van der Waals surface area contributed by atoms with Crippen molar-refractivity contribution in [1.82, 2.24) is 0 Å². The zero-order valence-electron chi connectivity index (χ0n) is 11.1. The predicted octanol–water partition coefficient (Wildman–Crippen LogP) is 3.57. The molecule has 21 heavy (non-hydrogen) atoms. The summed E-state index contributed by atoms with van der Waals surface area (Å²) in [6, 6.07) is 5.96. The molecule has 0 fully saturated rings. The molecular formula is C11H13Cl2N2O5P. The van der Waals surface area contributed by atoms with Crippen LogP contribution in [0.5, 0.6) is 0 Å². The van der Waals surface area contributed by atoms with Gasteiger partial charge in [0, 0.05) is 0 Å². The van der Waals surface area contributed by atoms with Gasteiger partial charge in [0.05, 0.1) is 0 Å². The van der Waals surface area contributed by atoms with Crippen molar-refractivity contribution in [2.75, 3.05) is 5.32 Å². The summed E-state index contributed by atoms with van der Waals surface area (Å²) in [6.45, 7) is 2.43. The van der Waals surface area contributed by atoms with E-state index >= 15 is 0 Å². The molecule has 1 aromatic carbocycles. The molecule has 0 aromatic heterocycles. The van der Waals surface area contributed by atoms with Gasteiger partial charge in [-0.05, 0) is 0 Å². The van der Waals surface area contributed by atoms with Gasteiger partial charge in [-0.1, -0.05) is 0 Å². The quantitative estimate of drug-likeness (QED) is 0.632. The van der Waals surface area contributed by atoms with Crippen molar-refractivity contribution in [1.29, 1.82) is 0 Å². The number of carbonyl (C=O) groups excluding carboxylic acids is 3. The van der Waals surface area contributed by atoms with Gasteiger partial charge in [0.2, 0.25) is 0 Å². The third-order valence-corrected chi connectivity index (χ3v) is 3.95. The SMILES string of the molecule is CC(=O)OP(N)(Cl)(Cl)OC(=O)Nc1ccc(C(C)=O)cc1. The summed E-state index contributed by atoms with van der Waals surface area (Å²) < 4.78 is 9.05. The molecule has 10 heteroatoms. The van der Waals surface area contributed by atoms with Crippen LogP contribution in [0.2, 0.25) is 0 Å². The first-order chi connectivity index (χ1) is 9.46.